The summed E-state index contributed by atoms with van der Waals surface area (Å²) in [5, 5.41) is 25.7. The van der Waals surface area contributed by atoms with E-state index in [9.17, 15) is 15.0 Å². The van der Waals surface area contributed by atoms with E-state index in [1.54, 1.807) is 17.8 Å². The fraction of sp³-hybridized carbons (Fsp3) is 0.500. The van der Waals surface area contributed by atoms with Gasteiger partial charge in [0.2, 0.25) is 0 Å². The average Bonchev–Trinajstić information content (AvgIpc) is 2.72. The molecule has 1 aromatic heterocycles. The van der Waals surface area contributed by atoms with Gasteiger partial charge in [0, 0.05) is 16.5 Å². The fourth-order valence-corrected chi connectivity index (χ4v) is 2.14. The highest BCUT2D eigenvalue weighted by Gasteiger charge is 2.21. The van der Waals surface area contributed by atoms with Crippen LogP contribution in [0.25, 0.3) is 0 Å². The molecule has 0 saturated heterocycles. The number of aliphatic hydroxyl groups excluding tert-OH is 2. The second-order valence-corrected chi connectivity index (χ2v) is 4.05. The molecule has 1 rings (SSSR count). The third-order valence-electron chi connectivity index (χ3n) is 2.22. The van der Waals surface area contributed by atoms with Crippen molar-refractivity contribution in [1.29, 1.82) is 0 Å². The maximum atomic E-state index is 10.6. The van der Waals surface area contributed by atoms with Crippen LogP contribution in [0.4, 0.5) is 0 Å². The van der Waals surface area contributed by atoms with E-state index in [1.165, 1.54) is 11.3 Å². The average molecular weight is 229 g/mol. The Balaban J connectivity index is 2.66. The van der Waals surface area contributed by atoms with Crippen LogP contribution in [0.15, 0.2) is 10.8 Å². The van der Waals surface area contributed by atoms with Crippen molar-refractivity contribution in [2.45, 2.75) is 18.6 Å². The summed E-state index contributed by atoms with van der Waals surface area (Å²) in [6, 6.07) is 0. The Morgan fingerprint density at radius 3 is 2.87 bits per heavy atom. The van der Waals surface area contributed by atoms with Crippen LogP contribution in [-0.2, 0) is 0 Å². The number of aldehydes is 1. The molecule has 0 aromatic carbocycles. The molecule has 0 radical (unpaired) electrons. The highest BCUT2D eigenvalue weighted by molar-refractivity contribution is 7.08. The van der Waals surface area contributed by atoms with Gasteiger partial charge in [0.05, 0.1) is 6.10 Å². The van der Waals surface area contributed by atoms with Crippen molar-refractivity contribution in [3.8, 4) is 0 Å². The summed E-state index contributed by atoms with van der Waals surface area (Å²) >= 11 is 1.34. The Kier molecular flexibility index (Phi) is 4.90. The first-order valence-electron chi connectivity index (χ1n) is 4.72. The molecule has 4 nitrogen and oxygen atoms in total. The zero-order valence-electron chi connectivity index (χ0n) is 8.51. The third kappa shape index (κ3) is 3.10. The lowest BCUT2D eigenvalue weighted by Gasteiger charge is -2.17. The second kappa shape index (κ2) is 5.97. The number of thiophene rings is 1. The number of carbonyl (C=O) groups is 1. The third-order valence-corrected chi connectivity index (χ3v) is 3.00. The molecule has 0 fully saturated rings. The van der Waals surface area contributed by atoms with E-state index in [1.807, 2.05) is 0 Å². The molecule has 3 N–H and O–H groups in total. The van der Waals surface area contributed by atoms with Gasteiger partial charge >= 0.3 is 0 Å². The minimum Gasteiger partial charge on any atom is -0.390 e. The minimum absolute atomic E-state index is 0.450. The van der Waals surface area contributed by atoms with Crippen LogP contribution in [-0.4, -0.2) is 36.2 Å². The lowest BCUT2D eigenvalue weighted by Crippen LogP contribution is -2.23. The van der Waals surface area contributed by atoms with Gasteiger partial charge in [-0.1, -0.05) is 0 Å². The molecule has 0 aliphatic carbocycles. The Hall–Kier alpha value is -0.750. The molecule has 2 unspecified atom stereocenters. The molecule has 2 atom stereocenters. The van der Waals surface area contributed by atoms with E-state index in [0.29, 0.717) is 30.4 Å². The minimum atomic E-state index is -0.982. The van der Waals surface area contributed by atoms with E-state index in [4.69, 9.17) is 0 Å². The first-order chi connectivity index (χ1) is 7.20. The van der Waals surface area contributed by atoms with Crippen LogP contribution >= 0.6 is 11.3 Å². The van der Waals surface area contributed by atoms with Crippen LogP contribution in [0.2, 0.25) is 0 Å². The van der Waals surface area contributed by atoms with Crippen LogP contribution < -0.4 is 5.32 Å². The normalized spacial score (nSPS) is 14.9. The first-order valence-corrected chi connectivity index (χ1v) is 5.67. The molecule has 0 bridgehead atoms. The largest absolute Gasteiger partial charge is 0.390 e. The molecule has 5 heteroatoms. The monoisotopic (exact) mass is 229 g/mol. The molecule has 0 aliphatic heterocycles. The van der Waals surface area contributed by atoms with Crippen molar-refractivity contribution in [2.24, 2.45) is 0 Å². The van der Waals surface area contributed by atoms with Crippen LogP contribution in [0.5, 0.6) is 0 Å². The van der Waals surface area contributed by atoms with Gasteiger partial charge in [0.1, 0.15) is 6.10 Å². The molecule has 1 heterocycles. The van der Waals surface area contributed by atoms with E-state index in [2.05, 4.69) is 5.32 Å². The van der Waals surface area contributed by atoms with Crippen LogP contribution in [0.3, 0.4) is 0 Å². The Morgan fingerprint density at radius 1 is 1.53 bits per heavy atom. The van der Waals surface area contributed by atoms with Gasteiger partial charge < -0.3 is 15.5 Å². The topological polar surface area (TPSA) is 69.6 Å². The smallest absolute Gasteiger partial charge is 0.151 e. The van der Waals surface area contributed by atoms with Crippen molar-refractivity contribution < 1.29 is 15.0 Å². The zero-order chi connectivity index (χ0) is 11.3. The van der Waals surface area contributed by atoms with Gasteiger partial charge in [-0.25, -0.2) is 0 Å². The molecular weight excluding hydrogens is 214 g/mol. The molecule has 0 spiro atoms. The Bertz CT molecular complexity index is 313. The van der Waals surface area contributed by atoms with Crippen molar-refractivity contribution in [2.75, 3.05) is 13.6 Å². The van der Waals surface area contributed by atoms with Gasteiger partial charge in [-0.2, -0.15) is 11.3 Å². The molecule has 15 heavy (non-hydrogen) atoms. The molecule has 0 saturated carbocycles. The van der Waals surface area contributed by atoms with Gasteiger partial charge in [-0.05, 0) is 25.4 Å². The van der Waals surface area contributed by atoms with E-state index in [0.717, 1.165) is 0 Å². The highest BCUT2D eigenvalue weighted by atomic mass is 32.1. The number of hydrogen-bond acceptors (Lipinski definition) is 5. The number of rotatable bonds is 6. The zero-order valence-corrected chi connectivity index (χ0v) is 9.33. The van der Waals surface area contributed by atoms with E-state index < -0.39 is 12.2 Å². The van der Waals surface area contributed by atoms with Gasteiger partial charge in [0.15, 0.2) is 6.29 Å². The van der Waals surface area contributed by atoms with Crippen LogP contribution in [0, 0.1) is 0 Å². The molecule has 84 valence electrons. The van der Waals surface area contributed by atoms with Crippen LogP contribution in [0.1, 0.15) is 28.4 Å². The highest BCUT2D eigenvalue weighted by Crippen LogP contribution is 2.24. The Labute approximate surface area is 92.6 Å². The number of carbonyl (C=O) groups excluding carboxylic acids is 1. The fourth-order valence-electron chi connectivity index (χ4n) is 1.31. The lowest BCUT2D eigenvalue weighted by atomic mass is 10.0. The van der Waals surface area contributed by atoms with E-state index >= 15 is 0 Å². The molecule has 0 aliphatic rings. The van der Waals surface area contributed by atoms with Crippen molar-refractivity contribution in [3.63, 3.8) is 0 Å². The van der Waals surface area contributed by atoms with Gasteiger partial charge in [0.25, 0.3) is 0 Å². The van der Waals surface area contributed by atoms with E-state index in [-0.39, 0.29) is 0 Å². The maximum Gasteiger partial charge on any atom is 0.151 e. The molecular formula is C10H15NO3S. The molecule has 0 amide bonds. The number of aliphatic hydroxyl groups is 2. The van der Waals surface area contributed by atoms with Gasteiger partial charge in [-0.3, -0.25) is 4.79 Å². The Morgan fingerprint density at radius 2 is 2.27 bits per heavy atom. The van der Waals surface area contributed by atoms with Gasteiger partial charge in [-0.15, -0.1) is 0 Å². The number of nitrogens with one attached hydrogen (secondary N) is 1. The second-order valence-electron chi connectivity index (χ2n) is 3.30. The van der Waals surface area contributed by atoms with Crippen molar-refractivity contribution in [1.82, 2.24) is 5.32 Å². The molecule has 1 aromatic rings. The lowest BCUT2D eigenvalue weighted by molar-refractivity contribution is 0.0140. The summed E-state index contributed by atoms with van der Waals surface area (Å²) in [7, 11) is 1.78. The summed E-state index contributed by atoms with van der Waals surface area (Å²) in [6.45, 7) is 0.624. The SMILES string of the molecule is CNCCC(O)C(O)c1cscc1C=O. The van der Waals surface area contributed by atoms with Crippen molar-refractivity contribution >= 4 is 17.6 Å². The standard InChI is InChI=1S/C10H15NO3S/c1-11-3-2-9(13)10(14)8-6-15-5-7(8)4-12/h4-6,9-11,13-14H,2-3H2,1H3. The maximum absolute atomic E-state index is 10.6. The summed E-state index contributed by atoms with van der Waals surface area (Å²) in [4.78, 5) is 10.6. The number of hydrogen-bond donors (Lipinski definition) is 3. The summed E-state index contributed by atoms with van der Waals surface area (Å²) < 4.78 is 0. The quantitative estimate of drug-likeness (QED) is 0.624. The predicted octanol–water partition coefficient (Wildman–Crippen LogP) is 0.564. The predicted molar refractivity (Wildman–Crippen MR) is 59.2 cm³/mol. The summed E-state index contributed by atoms with van der Waals surface area (Å²) in [5.41, 5.74) is 0.967. The first kappa shape index (κ1) is 12.3. The van der Waals surface area contributed by atoms with Crippen molar-refractivity contribution in [3.05, 3.63) is 21.9 Å². The summed E-state index contributed by atoms with van der Waals surface area (Å²) in [5.74, 6) is 0. The summed E-state index contributed by atoms with van der Waals surface area (Å²) in [6.07, 6.45) is -0.679.